The number of carboxylic acids is 1. The molecule has 4 rings (SSSR count). The van der Waals surface area contributed by atoms with Crippen LogP contribution < -0.4 is 15.0 Å². The number of benzene rings is 3. The van der Waals surface area contributed by atoms with Gasteiger partial charge in [0, 0.05) is 12.2 Å². The van der Waals surface area contributed by atoms with Crippen molar-refractivity contribution in [3.63, 3.8) is 0 Å². The van der Waals surface area contributed by atoms with Gasteiger partial charge in [0.05, 0.1) is 27.7 Å². The molecule has 38 heavy (non-hydrogen) atoms. The van der Waals surface area contributed by atoms with Gasteiger partial charge in [-0.1, -0.05) is 35.4 Å². The van der Waals surface area contributed by atoms with E-state index < -0.39 is 34.5 Å². The molecule has 1 aliphatic heterocycles. The van der Waals surface area contributed by atoms with E-state index in [0.717, 1.165) is 30.3 Å². The number of nitrogens with zero attached hydrogens (tertiary/aromatic N) is 1. The van der Waals surface area contributed by atoms with Crippen molar-refractivity contribution in [3.05, 3.63) is 87.4 Å². The van der Waals surface area contributed by atoms with E-state index in [1.54, 1.807) is 0 Å². The van der Waals surface area contributed by atoms with Crippen LogP contribution in [0, 0.1) is 18.6 Å². The highest BCUT2D eigenvalue weighted by Gasteiger charge is 2.31. The summed E-state index contributed by atoms with van der Waals surface area (Å²) in [4.78, 5) is 26.6. The Morgan fingerprint density at radius 1 is 1.13 bits per heavy atom. The lowest BCUT2D eigenvalue weighted by atomic mass is 9.84. The highest BCUT2D eigenvalue weighted by molar-refractivity contribution is 6.34. The number of amides is 1. The minimum atomic E-state index is -1.35. The van der Waals surface area contributed by atoms with Crippen molar-refractivity contribution in [1.82, 2.24) is 0 Å². The lowest BCUT2D eigenvalue weighted by molar-refractivity contribution is -0.142. The normalized spacial score (nSPS) is 14.8. The molecule has 0 aromatic heterocycles. The van der Waals surface area contributed by atoms with Gasteiger partial charge in [0.1, 0.15) is 6.61 Å². The van der Waals surface area contributed by atoms with E-state index in [-0.39, 0.29) is 29.1 Å². The number of likely N-dealkylation sites (N-methyl/N-ethyl adjacent to an activating group) is 1. The second-order valence-corrected chi connectivity index (χ2v) is 10.3. The molecule has 0 radical (unpaired) electrons. The molecule has 1 amide bonds. The highest BCUT2D eigenvalue weighted by atomic mass is 35.5. The fourth-order valence-electron chi connectivity index (χ4n) is 4.62. The minimum Gasteiger partial charge on any atom is -0.488 e. The second kappa shape index (κ2) is 10.6. The van der Waals surface area contributed by atoms with E-state index >= 15 is 0 Å². The Labute approximate surface area is 225 Å². The maximum atomic E-state index is 15.0. The predicted octanol–water partition coefficient (Wildman–Crippen LogP) is 6.37. The molecule has 0 aliphatic carbocycles. The van der Waals surface area contributed by atoms with Crippen LogP contribution in [0.4, 0.5) is 20.2 Å². The van der Waals surface area contributed by atoms with Crippen molar-refractivity contribution in [3.8, 4) is 5.75 Å². The average Bonchev–Trinajstić information content (AvgIpc) is 3.22. The second-order valence-electron chi connectivity index (χ2n) is 9.91. The summed E-state index contributed by atoms with van der Waals surface area (Å²) >= 11 is 6.17. The first-order valence-electron chi connectivity index (χ1n) is 12.3. The van der Waals surface area contributed by atoms with Crippen molar-refractivity contribution in [1.29, 1.82) is 0 Å². The molecular weight excluding hydrogens is 514 g/mol. The maximum Gasteiger partial charge on any atom is 0.313 e. The van der Waals surface area contributed by atoms with E-state index in [4.69, 9.17) is 16.3 Å². The molecule has 1 atom stereocenters. The molecule has 200 valence electrons. The smallest absolute Gasteiger partial charge is 0.313 e. The molecule has 0 fully saturated rings. The Kier molecular flexibility index (Phi) is 7.65. The summed E-state index contributed by atoms with van der Waals surface area (Å²) in [5, 5.41) is 12.1. The Morgan fingerprint density at radius 3 is 2.55 bits per heavy atom. The number of fused-ring (bicyclic) bond motifs is 1. The predicted molar refractivity (Wildman–Crippen MR) is 144 cm³/mol. The van der Waals surface area contributed by atoms with Gasteiger partial charge in [0.2, 0.25) is 5.82 Å². The zero-order valence-electron chi connectivity index (χ0n) is 21.6. The quantitative estimate of drug-likeness (QED) is 0.346. The third-order valence-electron chi connectivity index (χ3n) is 6.98. The van der Waals surface area contributed by atoms with Crippen LogP contribution in [0.25, 0.3) is 0 Å². The van der Waals surface area contributed by atoms with Crippen LogP contribution in [-0.4, -0.2) is 36.2 Å². The first kappa shape index (κ1) is 27.4. The van der Waals surface area contributed by atoms with Gasteiger partial charge in [0.15, 0.2) is 11.6 Å². The van der Waals surface area contributed by atoms with Gasteiger partial charge < -0.3 is 20.1 Å². The summed E-state index contributed by atoms with van der Waals surface area (Å²) in [6.07, 6.45) is 0.730. The molecule has 3 aromatic rings. The molecule has 0 bridgehead atoms. The van der Waals surface area contributed by atoms with Crippen LogP contribution in [0.1, 0.15) is 47.8 Å². The maximum absolute atomic E-state index is 15.0. The Morgan fingerprint density at radius 2 is 1.87 bits per heavy atom. The van der Waals surface area contributed by atoms with Crippen molar-refractivity contribution in [2.24, 2.45) is 0 Å². The standard InChI is InChI=1S/C29H29ClF2N2O4/c1-5-34-19(13-17-12-16(2)6-10-23(17)34)15-38-24-11-8-20(25(31)26(24)32)27(35)33-22-14-18(7-9-21(22)30)29(3,4)28(36)37/h6-12,14,19H,5,13,15H2,1-4H3,(H,33,35)(H,36,37)/t19-/m1/s1. The van der Waals surface area contributed by atoms with Crippen molar-refractivity contribution in [2.45, 2.75) is 45.6 Å². The number of halogens is 3. The zero-order chi connectivity index (χ0) is 27.8. The number of carbonyl (C=O) groups is 2. The van der Waals surface area contributed by atoms with Gasteiger partial charge in [0.25, 0.3) is 5.91 Å². The number of hydrogen-bond acceptors (Lipinski definition) is 4. The van der Waals surface area contributed by atoms with Gasteiger partial charge in [-0.15, -0.1) is 0 Å². The largest absolute Gasteiger partial charge is 0.488 e. The van der Waals surface area contributed by atoms with E-state index in [1.807, 2.05) is 19.9 Å². The molecule has 0 unspecified atom stereocenters. The van der Waals surface area contributed by atoms with Gasteiger partial charge in [-0.25, -0.2) is 4.39 Å². The number of rotatable bonds is 8. The lowest BCUT2D eigenvalue weighted by Crippen LogP contribution is -2.36. The summed E-state index contributed by atoms with van der Waals surface area (Å²) in [6, 6.07) is 12.9. The molecule has 2 N–H and O–H groups in total. The van der Waals surface area contributed by atoms with Crippen LogP contribution >= 0.6 is 11.6 Å². The molecular formula is C29H29ClF2N2O4. The summed E-state index contributed by atoms with van der Waals surface area (Å²) in [6.45, 7) is 7.95. The average molecular weight is 543 g/mol. The first-order chi connectivity index (χ1) is 17.9. The number of aliphatic carboxylic acids is 1. The van der Waals surface area contributed by atoms with E-state index in [2.05, 4.69) is 22.3 Å². The number of aryl methyl sites for hydroxylation is 1. The van der Waals surface area contributed by atoms with Crippen molar-refractivity contribution < 1.29 is 28.2 Å². The number of ether oxygens (including phenoxy) is 1. The fourth-order valence-corrected chi connectivity index (χ4v) is 4.79. The topological polar surface area (TPSA) is 78.9 Å². The summed E-state index contributed by atoms with van der Waals surface area (Å²) in [5.74, 6) is -4.90. The summed E-state index contributed by atoms with van der Waals surface area (Å²) < 4.78 is 35.6. The molecule has 3 aromatic carbocycles. The van der Waals surface area contributed by atoms with Gasteiger partial charge in [-0.2, -0.15) is 4.39 Å². The number of carboxylic acid groups (broad SMARTS) is 1. The molecule has 0 saturated heterocycles. The summed E-state index contributed by atoms with van der Waals surface area (Å²) in [7, 11) is 0. The van der Waals surface area contributed by atoms with Crippen LogP contribution in [0.2, 0.25) is 5.02 Å². The Hall–Kier alpha value is -3.65. The van der Waals surface area contributed by atoms with Crippen molar-refractivity contribution in [2.75, 3.05) is 23.4 Å². The number of hydrogen-bond donors (Lipinski definition) is 2. The number of carbonyl (C=O) groups excluding carboxylic acids is 1. The summed E-state index contributed by atoms with van der Waals surface area (Å²) in [5.41, 5.74) is 2.13. The monoisotopic (exact) mass is 542 g/mol. The van der Waals surface area contributed by atoms with Crippen LogP contribution in [0.5, 0.6) is 5.75 Å². The third-order valence-corrected chi connectivity index (χ3v) is 7.30. The zero-order valence-corrected chi connectivity index (χ0v) is 22.3. The Balaban J connectivity index is 1.49. The number of nitrogens with one attached hydrogen (secondary N) is 1. The van der Waals surface area contributed by atoms with Gasteiger partial charge >= 0.3 is 5.97 Å². The van der Waals surface area contributed by atoms with E-state index in [0.29, 0.717) is 5.56 Å². The fraction of sp³-hybridized carbons (Fsp3) is 0.310. The first-order valence-corrected chi connectivity index (χ1v) is 12.6. The molecule has 0 saturated carbocycles. The lowest BCUT2D eigenvalue weighted by Gasteiger charge is -2.26. The van der Waals surface area contributed by atoms with Crippen LogP contribution in [0.15, 0.2) is 48.5 Å². The van der Waals surface area contributed by atoms with Gasteiger partial charge in [-0.05, 0) is 75.6 Å². The highest BCUT2D eigenvalue weighted by Crippen LogP contribution is 2.34. The van der Waals surface area contributed by atoms with Crippen LogP contribution in [0.3, 0.4) is 0 Å². The Bertz CT molecular complexity index is 1410. The van der Waals surface area contributed by atoms with E-state index in [1.165, 1.54) is 43.7 Å². The molecule has 9 heteroatoms. The van der Waals surface area contributed by atoms with E-state index in [9.17, 15) is 23.5 Å². The van der Waals surface area contributed by atoms with Crippen LogP contribution in [-0.2, 0) is 16.6 Å². The molecule has 6 nitrogen and oxygen atoms in total. The molecule has 1 heterocycles. The third kappa shape index (κ3) is 5.18. The molecule has 1 aliphatic rings. The SMILES string of the molecule is CCN1c2ccc(C)cc2C[C@@H]1COc1ccc(C(=O)Nc2cc(C(C)(C)C(=O)O)ccc2Cl)c(F)c1F. The van der Waals surface area contributed by atoms with Gasteiger partial charge in [-0.3, -0.25) is 9.59 Å². The number of anilines is 2. The van der Waals surface area contributed by atoms with Crippen molar-refractivity contribution >= 4 is 34.9 Å². The molecule has 0 spiro atoms. The minimum absolute atomic E-state index is 0.0355.